The first-order valence-electron chi connectivity index (χ1n) is 10.4. The number of carbonyl (C=O) groups excluding carboxylic acids is 2. The lowest BCUT2D eigenvalue weighted by molar-refractivity contribution is -0.121. The summed E-state index contributed by atoms with van der Waals surface area (Å²) >= 11 is 7.62. The molecule has 0 unspecified atom stereocenters. The molecule has 0 bridgehead atoms. The van der Waals surface area contributed by atoms with E-state index < -0.39 is 10.0 Å². The SMILES string of the molecule is Cc1c(Cl)cccc1NC(=O)CN1C(=O)CCSc2ccc(S(=O)(=O)N3CCCC3)cc21. The molecule has 2 aromatic rings. The molecule has 2 heterocycles. The lowest BCUT2D eigenvalue weighted by Crippen LogP contribution is -2.38. The molecule has 7 nitrogen and oxygen atoms in total. The van der Waals surface area contributed by atoms with Gasteiger partial charge in [-0.1, -0.05) is 17.7 Å². The van der Waals surface area contributed by atoms with Crippen molar-refractivity contribution in [3.05, 3.63) is 47.0 Å². The quantitative estimate of drug-likeness (QED) is 0.682. The van der Waals surface area contributed by atoms with Crippen molar-refractivity contribution in [2.24, 2.45) is 0 Å². The van der Waals surface area contributed by atoms with Crippen LogP contribution in [0.15, 0.2) is 46.2 Å². The number of nitrogens with one attached hydrogen (secondary N) is 1. The summed E-state index contributed by atoms with van der Waals surface area (Å²) in [5, 5.41) is 3.34. The first-order valence-corrected chi connectivity index (χ1v) is 13.2. The van der Waals surface area contributed by atoms with Crippen molar-refractivity contribution in [1.29, 1.82) is 0 Å². The number of amides is 2. The van der Waals surface area contributed by atoms with Crippen LogP contribution in [0.25, 0.3) is 0 Å². The minimum Gasteiger partial charge on any atom is -0.324 e. The van der Waals surface area contributed by atoms with E-state index in [1.807, 2.05) is 0 Å². The molecule has 2 aliphatic rings. The van der Waals surface area contributed by atoms with Crippen molar-refractivity contribution in [3.8, 4) is 0 Å². The molecule has 1 saturated heterocycles. The number of hydrogen-bond acceptors (Lipinski definition) is 5. The second kappa shape index (κ2) is 9.43. The van der Waals surface area contributed by atoms with Crippen molar-refractivity contribution in [3.63, 3.8) is 0 Å². The third-order valence-electron chi connectivity index (χ3n) is 5.64. The molecule has 170 valence electrons. The summed E-state index contributed by atoms with van der Waals surface area (Å²) in [7, 11) is -3.64. The Morgan fingerprint density at radius 3 is 2.69 bits per heavy atom. The molecule has 2 amide bonds. The van der Waals surface area contributed by atoms with Crippen LogP contribution >= 0.6 is 23.4 Å². The average molecular weight is 494 g/mol. The van der Waals surface area contributed by atoms with Crippen molar-refractivity contribution >= 4 is 56.6 Å². The highest BCUT2D eigenvalue weighted by Crippen LogP contribution is 2.37. The fourth-order valence-corrected chi connectivity index (χ4v) is 6.53. The molecule has 1 fully saturated rings. The fourth-order valence-electron chi connectivity index (χ4n) is 3.84. The molecule has 0 spiro atoms. The second-order valence-electron chi connectivity index (χ2n) is 7.78. The van der Waals surface area contributed by atoms with Crippen molar-refractivity contribution in [1.82, 2.24) is 4.31 Å². The molecule has 0 radical (unpaired) electrons. The standard InChI is InChI=1S/C22H24ClN3O4S2/c1-15-17(23)5-4-6-18(15)24-21(27)14-26-19-13-16(32(29,30)25-10-2-3-11-25)7-8-20(19)31-12-9-22(26)28/h4-8,13H,2-3,9-12,14H2,1H3,(H,24,27). The minimum atomic E-state index is -3.64. The van der Waals surface area contributed by atoms with Crippen LogP contribution < -0.4 is 10.2 Å². The van der Waals surface area contributed by atoms with Crippen molar-refractivity contribution < 1.29 is 18.0 Å². The van der Waals surface area contributed by atoms with E-state index in [1.165, 1.54) is 27.0 Å². The van der Waals surface area contributed by atoms with Crippen LogP contribution in [-0.4, -0.2) is 49.9 Å². The zero-order chi connectivity index (χ0) is 22.9. The molecular weight excluding hydrogens is 470 g/mol. The van der Waals surface area contributed by atoms with Crippen molar-refractivity contribution in [2.45, 2.75) is 36.0 Å². The molecule has 1 N–H and O–H groups in total. The number of thioether (sulfide) groups is 1. The summed E-state index contributed by atoms with van der Waals surface area (Å²) in [6, 6.07) is 10.1. The smallest absolute Gasteiger partial charge is 0.244 e. The molecule has 0 aromatic heterocycles. The van der Waals surface area contributed by atoms with Gasteiger partial charge in [0.05, 0.1) is 10.6 Å². The summed E-state index contributed by atoms with van der Waals surface area (Å²) < 4.78 is 27.6. The van der Waals surface area contributed by atoms with E-state index in [-0.39, 0.29) is 29.7 Å². The summed E-state index contributed by atoms with van der Waals surface area (Å²) in [6.45, 7) is 2.58. The number of carbonyl (C=O) groups is 2. The molecule has 2 aliphatic heterocycles. The summed E-state index contributed by atoms with van der Waals surface area (Å²) in [6.07, 6.45) is 1.94. The largest absolute Gasteiger partial charge is 0.324 e. The van der Waals surface area contributed by atoms with Crippen LogP contribution in [0.3, 0.4) is 0 Å². The predicted molar refractivity (Wildman–Crippen MR) is 127 cm³/mol. The summed E-state index contributed by atoms with van der Waals surface area (Å²) in [5.74, 6) is -0.0328. The van der Waals surface area contributed by atoms with Crippen LogP contribution in [0.4, 0.5) is 11.4 Å². The highest BCUT2D eigenvalue weighted by atomic mass is 35.5. The lowest BCUT2D eigenvalue weighted by Gasteiger charge is -2.24. The second-order valence-corrected chi connectivity index (χ2v) is 11.3. The maximum absolute atomic E-state index is 13.1. The number of sulfonamides is 1. The number of nitrogens with zero attached hydrogens (tertiary/aromatic N) is 2. The maximum Gasteiger partial charge on any atom is 0.244 e. The third kappa shape index (κ3) is 4.66. The molecular formula is C22H24ClN3O4S2. The van der Waals surface area contributed by atoms with Gasteiger partial charge in [0.15, 0.2) is 0 Å². The number of fused-ring (bicyclic) bond motifs is 1. The average Bonchev–Trinajstić information content (AvgIpc) is 3.26. The predicted octanol–water partition coefficient (Wildman–Crippen LogP) is 3.90. The Labute approximate surface area is 197 Å². The monoisotopic (exact) mass is 493 g/mol. The first-order chi connectivity index (χ1) is 15.3. The number of anilines is 2. The Balaban J connectivity index is 1.63. The molecule has 4 rings (SSSR count). The number of rotatable bonds is 5. The van der Waals surface area contributed by atoms with E-state index >= 15 is 0 Å². The van der Waals surface area contributed by atoms with Crippen LogP contribution in [-0.2, 0) is 19.6 Å². The van der Waals surface area contributed by atoms with Gasteiger partial charge < -0.3 is 10.2 Å². The van der Waals surface area contributed by atoms with Gasteiger partial charge in [-0.25, -0.2) is 8.42 Å². The Bertz CT molecular complexity index is 1160. The van der Waals surface area contributed by atoms with Gasteiger partial charge >= 0.3 is 0 Å². The molecule has 10 heteroatoms. The zero-order valence-corrected chi connectivity index (χ0v) is 20.0. The van der Waals surface area contributed by atoms with Crippen LogP contribution in [0.1, 0.15) is 24.8 Å². The van der Waals surface area contributed by atoms with Gasteiger partial charge in [-0.3, -0.25) is 9.59 Å². The van der Waals surface area contributed by atoms with E-state index in [0.717, 1.165) is 23.3 Å². The van der Waals surface area contributed by atoms with E-state index in [9.17, 15) is 18.0 Å². The highest BCUT2D eigenvalue weighted by Gasteiger charge is 2.31. The molecule has 2 aromatic carbocycles. The molecule has 32 heavy (non-hydrogen) atoms. The number of hydrogen-bond donors (Lipinski definition) is 1. The van der Waals surface area contributed by atoms with E-state index in [4.69, 9.17) is 11.6 Å². The van der Waals surface area contributed by atoms with Gasteiger partial charge in [-0.2, -0.15) is 4.31 Å². The van der Waals surface area contributed by atoms with E-state index in [2.05, 4.69) is 5.32 Å². The molecule has 0 atom stereocenters. The topological polar surface area (TPSA) is 86.8 Å². The van der Waals surface area contributed by atoms with Crippen molar-refractivity contribution in [2.75, 3.05) is 35.6 Å². The van der Waals surface area contributed by atoms with Crippen LogP contribution in [0.2, 0.25) is 5.02 Å². The van der Waals surface area contributed by atoms with Gasteiger partial charge in [0.1, 0.15) is 6.54 Å². The lowest BCUT2D eigenvalue weighted by atomic mass is 10.2. The number of benzene rings is 2. The van der Waals surface area contributed by atoms with Gasteiger partial charge in [-0.05, 0) is 55.7 Å². The Morgan fingerprint density at radius 1 is 1.19 bits per heavy atom. The van der Waals surface area contributed by atoms with E-state index in [0.29, 0.717) is 35.2 Å². The first kappa shape index (κ1) is 23.1. The van der Waals surface area contributed by atoms with Gasteiger partial charge in [0, 0.05) is 40.9 Å². The van der Waals surface area contributed by atoms with Gasteiger partial charge in [-0.15, -0.1) is 11.8 Å². The Morgan fingerprint density at radius 2 is 1.94 bits per heavy atom. The normalized spacial score (nSPS) is 17.2. The molecule has 0 saturated carbocycles. The van der Waals surface area contributed by atoms with Gasteiger partial charge in [0.25, 0.3) is 0 Å². The Kier molecular flexibility index (Phi) is 6.80. The molecule has 0 aliphatic carbocycles. The van der Waals surface area contributed by atoms with Gasteiger partial charge in [0.2, 0.25) is 21.8 Å². The van der Waals surface area contributed by atoms with Crippen LogP contribution in [0.5, 0.6) is 0 Å². The number of halogens is 1. The summed E-state index contributed by atoms with van der Waals surface area (Å²) in [4.78, 5) is 28.0. The fraction of sp³-hybridized carbons (Fsp3) is 0.364. The third-order valence-corrected chi connectivity index (χ3v) is 9.01. The zero-order valence-electron chi connectivity index (χ0n) is 17.6. The maximum atomic E-state index is 13.1. The van der Waals surface area contributed by atoms with E-state index in [1.54, 1.807) is 37.3 Å². The highest BCUT2D eigenvalue weighted by molar-refractivity contribution is 7.99. The Hall–Kier alpha value is -2.07. The van der Waals surface area contributed by atoms with Crippen LogP contribution in [0, 0.1) is 6.92 Å². The summed E-state index contributed by atoms with van der Waals surface area (Å²) in [5.41, 5.74) is 1.76. The minimum absolute atomic E-state index is 0.143.